The van der Waals surface area contributed by atoms with E-state index >= 15 is 0 Å². The van der Waals surface area contributed by atoms with Crippen LogP contribution in [0.4, 0.5) is 5.82 Å². The van der Waals surface area contributed by atoms with E-state index in [-0.39, 0.29) is 24.7 Å². The van der Waals surface area contributed by atoms with Crippen LogP contribution in [0.15, 0.2) is 24.4 Å². The number of rotatable bonds is 9. The van der Waals surface area contributed by atoms with Crippen molar-refractivity contribution in [3.05, 3.63) is 45.9 Å². The van der Waals surface area contributed by atoms with E-state index in [2.05, 4.69) is 4.98 Å². The molecule has 0 saturated carbocycles. The van der Waals surface area contributed by atoms with Crippen molar-refractivity contribution < 1.29 is 29.1 Å². The first-order valence-electron chi connectivity index (χ1n) is 8.13. The summed E-state index contributed by atoms with van der Waals surface area (Å²) in [5.74, 6) is -0.821. The lowest BCUT2D eigenvalue weighted by molar-refractivity contribution is -0.389. The van der Waals surface area contributed by atoms with E-state index in [0.29, 0.717) is 17.1 Å². The molecule has 0 aliphatic rings. The van der Waals surface area contributed by atoms with Gasteiger partial charge in [-0.2, -0.15) is 0 Å². The summed E-state index contributed by atoms with van der Waals surface area (Å²) in [6.45, 7) is 0.707. The third-order valence-electron chi connectivity index (χ3n) is 3.92. The van der Waals surface area contributed by atoms with E-state index in [0.717, 1.165) is 11.1 Å². The highest BCUT2D eigenvalue weighted by atomic mass is 16.6. The molecule has 2 rings (SSSR count). The summed E-state index contributed by atoms with van der Waals surface area (Å²) >= 11 is 0. The van der Waals surface area contributed by atoms with Crippen molar-refractivity contribution in [2.75, 3.05) is 20.8 Å². The van der Waals surface area contributed by atoms with Crippen LogP contribution in [0.5, 0.6) is 11.5 Å². The van der Waals surface area contributed by atoms with E-state index in [1.54, 1.807) is 18.2 Å². The maximum absolute atomic E-state index is 12.7. The lowest BCUT2D eigenvalue weighted by atomic mass is 10.2. The summed E-state index contributed by atoms with van der Waals surface area (Å²) in [5.41, 5.74) is 0.610. The lowest BCUT2D eigenvalue weighted by Crippen LogP contribution is -2.37. The minimum absolute atomic E-state index is 0.00543. The Labute approximate surface area is 160 Å². The van der Waals surface area contributed by atoms with Crippen LogP contribution in [-0.4, -0.2) is 57.1 Å². The average molecular weight is 392 g/mol. The molecule has 11 heteroatoms. The Hall–Kier alpha value is -3.63. The van der Waals surface area contributed by atoms with Crippen molar-refractivity contribution in [3.63, 3.8) is 0 Å². The van der Waals surface area contributed by atoms with Crippen LogP contribution in [0.2, 0.25) is 0 Å². The molecule has 150 valence electrons. The summed E-state index contributed by atoms with van der Waals surface area (Å²) < 4.78 is 11.7. The van der Waals surface area contributed by atoms with Gasteiger partial charge in [0.05, 0.1) is 14.2 Å². The Balaban J connectivity index is 2.24. The number of carboxylic acid groups (broad SMARTS) is 1. The largest absolute Gasteiger partial charge is 0.497 e. The molecular weight excluding hydrogens is 372 g/mol. The van der Waals surface area contributed by atoms with Crippen molar-refractivity contribution in [1.29, 1.82) is 0 Å². The van der Waals surface area contributed by atoms with Crippen LogP contribution in [0.3, 0.4) is 0 Å². The quantitative estimate of drug-likeness (QED) is 0.497. The number of imidazole rings is 1. The van der Waals surface area contributed by atoms with Crippen LogP contribution in [0, 0.1) is 17.0 Å². The highest BCUT2D eigenvalue weighted by Crippen LogP contribution is 2.23. The number of nitro groups is 1. The third-order valence-corrected chi connectivity index (χ3v) is 3.92. The second-order valence-corrected chi connectivity index (χ2v) is 5.90. The predicted octanol–water partition coefficient (Wildman–Crippen LogP) is 1.23. The maximum atomic E-state index is 12.7. The number of nitrogens with zero attached hydrogens (tertiary/aromatic N) is 4. The Morgan fingerprint density at radius 2 is 1.86 bits per heavy atom. The highest BCUT2D eigenvalue weighted by Gasteiger charge is 2.22. The van der Waals surface area contributed by atoms with Gasteiger partial charge < -0.3 is 29.6 Å². The molecule has 28 heavy (non-hydrogen) atoms. The smallest absolute Gasteiger partial charge is 0.381 e. The zero-order valence-electron chi connectivity index (χ0n) is 15.6. The van der Waals surface area contributed by atoms with Gasteiger partial charge in [0.1, 0.15) is 30.8 Å². The minimum atomic E-state index is -1.18. The molecule has 1 amide bonds. The molecule has 0 atom stereocenters. The number of benzene rings is 1. The van der Waals surface area contributed by atoms with Crippen LogP contribution in [-0.2, 0) is 22.7 Å². The molecule has 1 N–H and O–H groups in total. The summed E-state index contributed by atoms with van der Waals surface area (Å²) in [6.07, 6.45) is 1.14. The molecule has 0 unspecified atom stereocenters. The van der Waals surface area contributed by atoms with E-state index < -0.39 is 23.3 Å². The number of hydrogen-bond donors (Lipinski definition) is 1. The summed E-state index contributed by atoms with van der Waals surface area (Å²) in [7, 11) is 2.96. The van der Waals surface area contributed by atoms with Gasteiger partial charge in [0.25, 0.3) is 0 Å². The minimum Gasteiger partial charge on any atom is -0.497 e. The second-order valence-electron chi connectivity index (χ2n) is 5.90. The molecular formula is C17H20N4O7. The number of carboxylic acids is 1. The van der Waals surface area contributed by atoms with Gasteiger partial charge in [-0.1, -0.05) is 0 Å². The van der Waals surface area contributed by atoms with Gasteiger partial charge >= 0.3 is 11.8 Å². The fourth-order valence-corrected chi connectivity index (χ4v) is 2.56. The van der Waals surface area contributed by atoms with Gasteiger partial charge in [-0.25, -0.2) is 0 Å². The van der Waals surface area contributed by atoms with Gasteiger partial charge in [-0.3, -0.25) is 14.2 Å². The topological polar surface area (TPSA) is 137 Å². The number of carbonyl (C=O) groups excluding carboxylic acids is 1. The Morgan fingerprint density at radius 3 is 2.32 bits per heavy atom. The first-order chi connectivity index (χ1) is 13.2. The molecule has 0 spiro atoms. The monoisotopic (exact) mass is 392 g/mol. The molecule has 2 aromatic rings. The fraction of sp³-hybridized carbons (Fsp3) is 0.353. The Morgan fingerprint density at radius 1 is 1.25 bits per heavy atom. The van der Waals surface area contributed by atoms with Gasteiger partial charge in [0.2, 0.25) is 11.7 Å². The first-order valence-corrected chi connectivity index (χ1v) is 8.13. The lowest BCUT2D eigenvalue weighted by Gasteiger charge is -2.21. The molecule has 11 nitrogen and oxygen atoms in total. The summed E-state index contributed by atoms with van der Waals surface area (Å²) in [4.78, 5) is 38.9. The summed E-state index contributed by atoms with van der Waals surface area (Å²) in [6, 6.07) is 4.98. The molecule has 1 heterocycles. The van der Waals surface area contributed by atoms with E-state index in [1.807, 2.05) is 0 Å². The second kappa shape index (κ2) is 8.84. The molecule has 1 aromatic carbocycles. The van der Waals surface area contributed by atoms with Crippen LogP contribution in [0.25, 0.3) is 0 Å². The molecule has 1 aromatic heterocycles. The molecule has 0 fully saturated rings. The Kier molecular flexibility index (Phi) is 6.53. The molecule has 0 aliphatic heterocycles. The van der Waals surface area contributed by atoms with Crippen molar-refractivity contribution >= 4 is 17.7 Å². The Bertz CT molecular complexity index is 871. The SMILES string of the molecule is COc1cc(CN(CC(=O)O)C(=O)Cn2cc([N+](=O)[O-])nc2C)cc(OC)c1. The fourth-order valence-electron chi connectivity index (χ4n) is 2.56. The number of aromatic nitrogens is 2. The molecule has 0 saturated heterocycles. The highest BCUT2D eigenvalue weighted by molar-refractivity contribution is 5.81. The molecule has 0 bridgehead atoms. The van der Waals surface area contributed by atoms with Crippen molar-refractivity contribution in [2.24, 2.45) is 0 Å². The number of carbonyl (C=O) groups is 2. The van der Waals surface area contributed by atoms with Gasteiger partial charge in [-0.15, -0.1) is 0 Å². The van der Waals surface area contributed by atoms with E-state index in [1.165, 1.54) is 25.7 Å². The molecule has 0 radical (unpaired) electrons. The van der Waals surface area contributed by atoms with Gasteiger partial charge in [-0.05, 0) is 27.6 Å². The normalized spacial score (nSPS) is 10.4. The van der Waals surface area contributed by atoms with Crippen molar-refractivity contribution in [3.8, 4) is 11.5 Å². The predicted molar refractivity (Wildman–Crippen MR) is 96.2 cm³/mol. The number of aliphatic carboxylic acids is 1. The van der Waals surface area contributed by atoms with Gasteiger partial charge in [0, 0.05) is 19.5 Å². The summed E-state index contributed by atoms with van der Waals surface area (Å²) in [5, 5.41) is 20.0. The van der Waals surface area contributed by atoms with E-state index in [4.69, 9.17) is 14.6 Å². The zero-order valence-corrected chi connectivity index (χ0v) is 15.6. The number of amides is 1. The standard InChI is InChI=1S/C17H20N4O7/c1-11-18-15(21(25)26)8-19(11)9-16(22)20(10-17(23)24)7-12-4-13(27-2)6-14(5-12)28-3/h4-6,8H,7,9-10H2,1-3H3,(H,23,24). The third kappa shape index (κ3) is 5.19. The average Bonchev–Trinajstić information content (AvgIpc) is 3.01. The van der Waals surface area contributed by atoms with Crippen LogP contribution >= 0.6 is 0 Å². The van der Waals surface area contributed by atoms with Crippen LogP contribution in [0.1, 0.15) is 11.4 Å². The van der Waals surface area contributed by atoms with E-state index in [9.17, 15) is 19.7 Å². The molecule has 0 aliphatic carbocycles. The zero-order chi connectivity index (χ0) is 20.8. The van der Waals surface area contributed by atoms with Crippen molar-refractivity contribution in [1.82, 2.24) is 14.5 Å². The first kappa shape index (κ1) is 20.7. The number of hydrogen-bond acceptors (Lipinski definition) is 7. The van der Waals surface area contributed by atoms with Crippen LogP contribution < -0.4 is 9.47 Å². The number of methoxy groups -OCH3 is 2. The maximum Gasteiger partial charge on any atom is 0.381 e. The number of aryl methyl sites for hydroxylation is 1. The van der Waals surface area contributed by atoms with Crippen molar-refractivity contribution in [2.45, 2.75) is 20.0 Å². The van der Waals surface area contributed by atoms with Gasteiger partial charge in [0.15, 0.2) is 0 Å². The number of ether oxygens (including phenoxy) is 2.